The molecular formula is C10H13BrClNOS2. The van der Waals surface area contributed by atoms with Crippen LogP contribution in [0.5, 0.6) is 0 Å². The highest BCUT2D eigenvalue weighted by atomic mass is 79.9. The van der Waals surface area contributed by atoms with Gasteiger partial charge in [-0.2, -0.15) is 4.40 Å². The fourth-order valence-electron chi connectivity index (χ4n) is 0.890. The lowest BCUT2D eigenvalue weighted by Crippen LogP contribution is -2.20. The molecule has 0 saturated carbocycles. The number of thiophene rings is 1. The van der Waals surface area contributed by atoms with Crippen molar-refractivity contribution in [1.82, 2.24) is 0 Å². The fraction of sp³-hybridized carbons (Fsp3) is 0.500. The van der Waals surface area contributed by atoms with Gasteiger partial charge in [0.15, 0.2) is 0 Å². The van der Waals surface area contributed by atoms with Crippen LogP contribution in [0.2, 0.25) is 5.02 Å². The van der Waals surface area contributed by atoms with Crippen LogP contribution in [0.15, 0.2) is 14.3 Å². The number of halogens is 2. The lowest BCUT2D eigenvalue weighted by atomic mass is 10.3. The van der Waals surface area contributed by atoms with E-state index in [1.54, 1.807) is 0 Å². The van der Waals surface area contributed by atoms with Crippen molar-refractivity contribution in [2.45, 2.75) is 32.4 Å². The maximum Gasteiger partial charge on any atom is 0.145 e. The van der Waals surface area contributed by atoms with Gasteiger partial charge in [-0.25, -0.2) is 4.21 Å². The van der Waals surface area contributed by atoms with Gasteiger partial charge < -0.3 is 0 Å². The molecule has 0 N–H and O–H groups in total. The molecule has 0 fully saturated rings. The number of nitrogens with zero attached hydrogens (tertiary/aromatic N) is 1. The van der Waals surface area contributed by atoms with Crippen molar-refractivity contribution >= 4 is 55.6 Å². The normalized spacial score (nSPS) is 15.2. The van der Waals surface area contributed by atoms with Crippen LogP contribution in [0, 0.1) is 0 Å². The van der Waals surface area contributed by atoms with E-state index >= 15 is 0 Å². The first-order valence-corrected chi connectivity index (χ1v) is 7.73. The van der Waals surface area contributed by atoms with E-state index in [4.69, 9.17) is 11.6 Å². The average Bonchev–Trinajstić information content (AvgIpc) is 2.43. The van der Waals surface area contributed by atoms with Crippen LogP contribution >= 0.6 is 38.9 Å². The molecule has 0 unspecified atom stereocenters. The molecule has 1 aromatic rings. The Morgan fingerprint density at radius 1 is 1.56 bits per heavy atom. The minimum absolute atomic E-state index is 0.345. The van der Waals surface area contributed by atoms with E-state index in [1.165, 1.54) is 11.3 Å². The molecule has 0 spiro atoms. The van der Waals surface area contributed by atoms with E-state index in [0.717, 1.165) is 8.66 Å². The Labute approximate surface area is 116 Å². The third-order valence-corrected chi connectivity index (χ3v) is 5.37. The Kier molecular flexibility index (Phi) is 4.75. The van der Waals surface area contributed by atoms with E-state index in [2.05, 4.69) is 20.3 Å². The van der Waals surface area contributed by atoms with E-state index in [0.29, 0.717) is 10.7 Å². The smallest absolute Gasteiger partial charge is 0.145 e. The van der Waals surface area contributed by atoms with Crippen molar-refractivity contribution in [3.63, 3.8) is 0 Å². The third-order valence-electron chi connectivity index (χ3n) is 1.73. The van der Waals surface area contributed by atoms with Crippen LogP contribution < -0.4 is 0 Å². The lowest BCUT2D eigenvalue weighted by Gasteiger charge is -2.13. The molecule has 0 bridgehead atoms. The first-order chi connectivity index (χ1) is 7.21. The molecule has 0 radical (unpaired) electrons. The van der Waals surface area contributed by atoms with Gasteiger partial charge in [-0.1, -0.05) is 11.6 Å². The molecule has 1 rings (SSSR count). The summed E-state index contributed by atoms with van der Waals surface area (Å²) in [7, 11) is -1.25. The summed E-state index contributed by atoms with van der Waals surface area (Å²) >= 11 is 10.9. The second kappa shape index (κ2) is 5.29. The Morgan fingerprint density at radius 3 is 2.50 bits per heavy atom. The largest absolute Gasteiger partial charge is 0.234 e. The van der Waals surface area contributed by atoms with Crippen LogP contribution in [-0.4, -0.2) is 14.7 Å². The molecule has 0 saturated heterocycles. The molecule has 0 aromatic carbocycles. The van der Waals surface area contributed by atoms with Gasteiger partial charge in [0.2, 0.25) is 0 Å². The molecule has 2 nitrogen and oxygen atoms in total. The standard InChI is InChI=1S/C10H13BrClNOS2/c1-6(13-16(14)10(2,3)4)9-7(12)5-8(11)15-9/h5H,1-4H3/t16-/m1/s1. The Bertz CT molecular complexity index is 448. The van der Waals surface area contributed by atoms with Crippen molar-refractivity contribution in [3.8, 4) is 0 Å². The highest BCUT2D eigenvalue weighted by Crippen LogP contribution is 2.31. The summed E-state index contributed by atoms with van der Waals surface area (Å²) in [6.07, 6.45) is 0. The van der Waals surface area contributed by atoms with Crippen LogP contribution in [0.4, 0.5) is 0 Å². The number of hydrogen-bond acceptors (Lipinski definition) is 2. The Morgan fingerprint density at radius 2 is 2.12 bits per heavy atom. The summed E-state index contributed by atoms with van der Waals surface area (Å²) in [5.74, 6) is 0. The van der Waals surface area contributed by atoms with Crippen LogP contribution in [-0.2, 0) is 11.0 Å². The van der Waals surface area contributed by atoms with Gasteiger partial charge in [-0.15, -0.1) is 11.3 Å². The van der Waals surface area contributed by atoms with Crippen molar-refractivity contribution < 1.29 is 4.21 Å². The Balaban J connectivity index is 3.03. The van der Waals surface area contributed by atoms with E-state index in [1.807, 2.05) is 33.8 Å². The molecule has 0 aliphatic carbocycles. The van der Waals surface area contributed by atoms with Gasteiger partial charge in [0.25, 0.3) is 0 Å². The van der Waals surface area contributed by atoms with E-state index in [9.17, 15) is 4.21 Å². The average molecular weight is 343 g/mol. The molecule has 1 atom stereocenters. The molecule has 0 amide bonds. The fourth-order valence-corrected chi connectivity index (χ4v) is 3.56. The molecule has 6 heteroatoms. The Hall–Kier alpha value is 0.290. The molecule has 0 aliphatic rings. The molecule has 1 heterocycles. The zero-order valence-electron chi connectivity index (χ0n) is 9.51. The van der Waals surface area contributed by atoms with E-state index < -0.39 is 11.0 Å². The number of hydrogen-bond donors (Lipinski definition) is 0. The summed E-state index contributed by atoms with van der Waals surface area (Å²) in [4.78, 5) is 0.867. The zero-order chi connectivity index (χ0) is 12.5. The summed E-state index contributed by atoms with van der Waals surface area (Å²) in [6.45, 7) is 7.51. The molecule has 90 valence electrons. The summed E-state index contributed by atoms with van der Waals surface area (Å²) in [5.41, 5.74) is 0.717. The lowest BCUT2D eigenvalue weighted by molar-refractivity contribution is 0.650. The zero-order valence-corrected chi connectivity index (χ0v) is 13.5. The van der Waals surface area contributed by atoms with Gasteiger partial charge in [-0.05, 0) is 49.7 Å². The quantitative estimate of drug-likeness (QED) is 0.731. The van der Waals surface area contributed by atoms with Crippen molar-refractivity contribution in [2.75, 3.05) is 0 Å². The second-order valence-electron chi connectivity index (χ2n) is 4.27. The first kappa shape index (κ1) is 14.4. The summed E-state index contributed by atoms with van der Waals surface area (Å²) in [5, 5.41) is 0.643. The van der Waals surface area contributed by atoms with Gasteiger partial charge in [0.1, 0.15) is 11.0 Å². The predicted octanol–water partition coefficient (Wildman–Crippen LogP) is 4.44. The summed E-state index contributed by atoms with van der Waals surface area (Å²) < 4.78 is 16.6. The minimum Gasteiger partial charge on any atom is -0.234 e. The van der Waals surface area contributed by atoms with Gasteiger partial charge >= 0.3 is 0 Å². The SMILES string of the molecule is CC(=N[S@](=O)C(C)(C)C)c1sc(Br)cc1Cl. The maximum atomic E-state index is 11.8. The molecule has 0 aliphatic heterocycles. The van der Waals surface area contributed by atoms with Crippen LogP contribution in [0.1, 0.15) is 32.6 Å². The topological polar surface area (TPSA) is 29.4 Å². The van der Waals surface area contributed by atoms with Gasteiger partial charge in [0.05, 0.1) is 24.1 Å². The van der Waals surface area contributed by atoms with Crippen molar-refractivity contribution in [2.24, 2.45) is 4.40 Å². The maximum absolute atomic E-state index is 11.8. The molecular weight excluding hydrogens is 330 g/mol. The van der Waals surface area contributed by atoms with Crippen LogP contribution in [0.25, 0.3) is 0 Å². The monoisotopic (exact) mass is 341 g/mol. The third kappa shape index (κ3) is 3.65. The highest BCUT2D eigenvalue weighted by molar-refractivity contribution is 9.11. The minimum atomic E-state index is -1.25. The number of rotatable bonds is 2. The van der Waals surface area contributed by atoms with Gasteiger partial charge in [-0.3, -0.25) is 0 Å². The molecule has 16 heavy (non-hydrogen) atoms. The van der Waals surface area contributed by atoms with E-state index in [-0.39, 0.29) is 4.75 Å². The van der Waals surface area contributed by atoms with Crippen molar-refractivity contribution in [3.05, 3.63) is 19.8 Å². The van der Waals surface area contributed by atoms with Crippen molar-refractivity contribution in [1.29, 1.82) is 0 Å². The molecule has 1 aromatic heterocycles. The first-order valence-electron chi connectivity index (χ1n) is 4.64. The van der Waals surface area contributed by atoms with Gasteiger partial charge in [0, 0.05) is 0 Å². The second-order valence-corrected chi connectivity index (χ2v) is 9.01. The highest BCUT2D eigenvalue weighted by Gasteiger charge is 2.20. The summed E-state index contributed by atoms with van der Waals surface area (Å²) in [6, 6.07) is 1.82. The van der Waals surface area contributed by atoms with Crippen LogP contribution in [0.3, 0.4) is 0 Å². The predicted molar refractivity (Wildman–Crippen MR) is 77.1 cm³/mol.